The smallest absolute Gasteiger partial charge is 0.315 e. The molecule has 0 spiro atoms. The topological polar surface area (TPSA) is 73.9 Å². The number of methoxy groups -OCH3 is 1. The predicted molar refractivity (Wildman–Crippen MR) is 130 cm³/mol. The number of nitrogens with zero attached hydrogens (tertiary/aromatic N) is 2. The number of anilines is 1. The minimum absolute atomic E-state index is 0.0737. The van der Waals surface area contributed by atoms with E-state index in [1.807, 2.05) is 47.4 Å². The molecule has 2 aliphatic heterocycles. The highest BCUT2D eigenvalue weighted by Crippen LogP contribution is 2.22. The number of likely N-dealkylation sites (tertiary alicyclic amines) is 1. The van der Waals surface area contributed by atoms with Crippen LogP contribution in [0.15, 0.2) is 48.5 Å². The molecule has 4 rings (SSSR count). The Bertz CT molecular complexity index is 933. The van der Waals surface area contributed by atoms with Gasteiger partial charge in [0.25, 0.3) is 5.91 Å². The Morgan fingerprint density at radius 1 is 0.970 bits per heavy atom. The van der Waals surface area contributed by atoms with Crippen LogP contribution in [0.4, 0.5) is 10.5 Å². The van der Waals surface area contributed by atoms with E-state index in [4.69, 9.17) is 4.74 Å². The highest BCUT2D eigenvalue weighted by Gasteiger charge is 2.25. The number of ether oxygens (including phenoxy) is 1. The van der Waals surface area contributed by atoms with Crippen molar-refractivity contribution in [2.24, 2.45) is 0 Å². The lowest BCUT2D eigenvalue weighted by Crippen LogP contribution is -2.49. The second kappa shape index (κ2) is 11.1. The summed E-state index contributed by atoms with van der Waals surface area (Å²) in [5.74, 6) is 0.874. The van der Waals surface area contributed by atoms with Gasteiger partial charge in [-0.3, -0.25) is 4.79 Å². The van der Waals surface area contributed by atoms with E-state index in [1.165, 1.54) is 19.3 Å². The van der Waals surface area contributed by atoms with E-state index in [0.29, 0.717) is 19.6 Å². The number of benzene rings is 2. The highest BCUT2D eigenvalue weighted by atomic mass is 16.5. The van der Waals surface area contributed by atoms with E-state index in [1.54, 1.807) is 7.11 Å². The van der Waals surface area contributed by atoms with Crippen LogP contribution in [-0.2, 0) is 6.54 Å². The number of piperidine rings is 2. The summed E-state index contributed by atoms with van der Waals surface area (Å²) < 4.78 is 5.15. The largest absolute Gasteiger partial charge is 0.497 e. The van der Waals surface area contributed by atoms with Gasteiger partial charge < -0.3 is 25.2 Å². The van der Waals surface area contributed by atoms with Crippen LogP contribution in [0.1, 0.15) is 48.0 Å². The lowest BCUT2D eigenvalue weighted by Gasteiger charge is -2.33. The molecule has 2 N–H and O–H groups in total. The van der Waals surface area contributed by atoms with Crippen LogP contribution in [0, 0.1) is 0 Å². The fraction of sp³-hybridized carbons (Fsp3) is 0.462. The molecule has 7 nitrogen and oxygen atoms in total. The molecule has 0 unspecified atom stereocenters. The monoisotopic (exact) mass is 450 g/mol. The van der Waals surface area contributed by atoms with E-state index >= 15 is 0 Å². The molecule has 0 bridgehead atoms. The number of carbonyl (C=O) groups excluding carboxylic acids is 2. The molecule has 0 atom stereocenters. The van der Waals surface area contributed by atoms with Crippen molar-refractivity contribution in [3.8, 4) is 5.75 Å². The molecule has 2 saturated heterocycles. The van der Waals surface area contributed by atoms with Crippen molar-refractivity contribution in [2.75, 3.05) is 38.2 Å². The lowest BCUT2D eigenvalue weighted by molar-refractivity contribution is 0.0708. The number of rotatable bonds is 6. The van der Waals surface area contributed by atoms with E-state index in [9.17, 15) is 9.59 Å². The number of amides is 3. The Hall–Kier alpha value is -3.22. The SMILES string of the molecule is COc1ccc(CNC(=O)NC2CCN(C(=O)c3cccc(N4CCCCC4)c3)CC2)cc1. The molecule has 176 valence electrons. The standard InChI is InChI=1S/C26H34N4O3/c1-33-24-10-8-20(9-11-24)19-27-26(32)28-22-12-16-30(17-13-22)25(31)21-6-5-7-23(18-21)29-14-3-2-4-15-29/h5-11,18,22H,2-4,12-17,19H2,1H3,(H2,27,28,32). The van der Waals surface area contributed by atoms with Crippen LogP contribution in [-0.4, -0.2) is 56.2 Å². The van der Waals surface area contributed by atoms with Gasteiger partial charge in [0, 0.05) is 50.0 Å². The van der Waals surface area contributed by atoms with Crippen molar-refractivity contribution in [3.05, 3.63) is 59.7 Å². The Balaban J connectivity index is 1.23. The summed E-state index contributed by atoms with van der Waals surface area (Å²) in [7, 11) is 1.63. The normalized spacial score (nSPS) is 16.9. The zero-order valence-corrected chi connectivity index (χ0v) is 19.4. The number of urea groups is 1. The fourth-order valence-electron chi connectivity index (χ4n) is 4.56. The van der Waals surface area contributed by atoms with Gasteiger partial charge in [-0.1, -0.05) is 18.2 Å². The average Bonchev–Trinajstić information content (AvgIpc) is 2.88. The lowest BCUT2D eigenvalue weighted by atomic mass is 10.0. The van der Waals surface area contributed by atoms with Gasteiger partial charge in [-0.25, -0.2) is 4.79 Å². The van der Waals surface area contributed by atoms with E-state index in [0.717, 1.165) is 48.5 Å². The summed E-state index contributed by atoms with van der Waals surface area (Å²) in [5.41, 5.74) is 2.91. The first-order valence-corrected chi connectivity index (χ1v) is 11.9. The third-order valence-electron chi connectivity index (χ3n) is 6.54. The van der Waals surface area contributed by atoms with Crippen molar-refractivity contribution in [2.45, 2.75) is 44.7 Å². The average molecular weight is 451 g/mol. The van der Waals surface area contributed by atoms with Gasteiger partial charge in [0.2, 0.25) is 0 Å². The van der Waals surface area contributed by atoms with Crippen LogP contribution >= 0.6 is 0 Å². The summed E-state index contributed by atoms with van der Waals surface area (Å²) in [5, 5.41) is 5.95. The minimum atomic E-state index is -0.176. The van der Waals surface area contributed by atoms with Crippen molar-refractivity contribution in [1.29, 1.82) is 0 Å². The molecular formula is C26H34N4O3. The minimum Gasteiger partial charge on any atom is -0.497 e. The Morgan fingerprint density at radius 3 is 2.39 bits per heavy atom. The maximum atomic E-state index is 13.1. The van der Waals surface area contributed by atoms with Crippen LogP contribution < -0.4 is 20.3 Å². The third-order valence-corrected chi connectivity index (χ3v) is 6.54. The van der Waals surface area contributed by atoms with Gasteiger partial charge in [-0.2, -0.15) is 0 Å². The predicted octanol–water partition coefficient (Wildman–Crippen LogP) is 3.79. The number of nitrogens with one attached hydrogen (secondary N) is 2. The first-order chi connectivity index (χ1) is 16.1. The van der Waals surface area contributed by atoms with Crippen molar-refractivity contribution in [3.63, 3.8) is 0 Å². The third kappa shape index (κ3) is 6.18. The Kier molecular flexibility index (Phi) is 7.70. The van der Waals surface area contributed by atoms with E-state index in [2.05, 4.69) is 21.6 Å². The molecule has 3 amide bonds. The van der Waals surface area contributed by atoms with Gasteiger partial charge in [0.05, 0.1) is 7.11 Å². The summed E-state index contributed by atoms with van der Waals surface area (Å²) in [6.45, 7) is 3.89. The van der Waals surface area contributed by atoms with Crippen molar-refractivity contribution in [1.82, 2.24) is 15.5 Å². The maximum Gasteiger partial charge on any atom is 0.315 e. The number of hydrogen-bond donors (Lipinski definition) is 2. The number of hydrogen-bond acceptors (Lipinski definition) is 4. The molecule has 0 radical (unpaired) electrons. The molecule has 7 heteroatoms. The van der Waals surface area contributed by atoms with Crippen molar-refractivity contribution < 1.29 is 14.3 Å². The van der Waals surface area contributed by atoms with Gasteiger partial charge in [0.15, 0.2) is 0 Å². The highest BCUT2D eigenvalue weighted by molar-refractivity contribution is 5.95. The molecule has 0 saturated carbocycles. The van der Waals surface area contributed by atoms with Gasteiger partial charge in [0.1, 0.15) is 5.75 Å². The number of carbonyl (C=O) groups is 2. The maximum absolute atomic E-state index is 13.1. The summed E-state index contributed by atoms with van der Waals surface area (Å²) in [6, 6.07) is 15.5. The fourth-order valence-corrected chi connectivity index (χ4v) is 4.56. The molecular weight excluding hydrogens is 416 g/mol. The van der Waals surface area contributed by atoms with Crippen LogP contribution in [0.25, 0.3) is 0 Å². The van der Waals surface area contributed by atoms with Gasteiger partial charge in [-0.15, -0.1) is 0 Å². The quantitative estimate of drug-likeness (QED) is 0.702. The van der Waals surface area contributed by atoms with Crippen LogP contribution in [0.5, 0.6) is 5.75 Å². The summed E-state index contributed by atoms with van der Waals surface area (Å²) in [6.07, 6.45) is 5.23. The molecule has 2 aliphatic rings. The zero-order chi connectivity index (χ0) is 23.0. The van der Waals surface area contributed by atoms with Crippen LogP contribution in [0.3, 0.4) is 0 Å². The second-order valence-electron chi connectivity index (χ2n) is 8.84. The van der Waals surface area contributed by atoms with Crippen LogP contribution in [0.2, 0.25) is 0 Å². The first-order valence-electron chi connectivity index (χ1n) is 11.9. The molecule has 0 aromatic heterocycles. The molecule has 33 heavy (non-hydrogen) atoms. The molecule has 2 heterocycles. The Labute approximate surface area is 196 Å². The molecule has 2 fully saturated rings. The van der Waals surface area contributed by atoms with Gasteiger partial charge in [-0.05, 0) is 68.0 Å². The van der Waals surface area contributed by atoms with E-state index < -0.39 is 0 Å². The summed E-state index contributed by atoms with van der Waals surface area (Å²) >= 11 is 0. The Morgan fingerprint density at radius 2 is 1.70 bits per heavy atom. The first kappa shape index (κ1) is 23.0. The van der Waals surface area contributed by atoms with Crippen molar-refractivity contribution >= 4 is 17.6 Å². The second-order valence-corrected chi connectivity index (χ2v) is 8.84. The summed E-state index contributed by atoms with van der Waals surface area (Å²) in [4.78, 5) is 29.6. The van der Waals surface area contributed by atoms with E-state index in [-0.39, 0.29) is 18.0 Å². The molecule has 2 aromatic rings. The molecule has 2 aromatic carbocycles. The van der Waals surface area contributed by atoms with Gasteiger partial charge >= 0.3 is 6.03 Å². The zero-order valence-electron chi connectivity index (χ0n) is 19.4. The molecule has 0 aliphatic carbocycles.